The molecule has 0 atom stereocenters. The third-order valence-electron chi connectivity index (χ3n) is 2.44. The van der Waals surface area contributed by atoms with Crippen molar-refractivity contribution in [2.75, 3.05) is 6.54 Å². The summed E-state index contributed by atoms with van der Waals surface area (Å²) in [5.74, 6) is 0.847. The molecular weight excluding hydrogens is 232 g/mol. The van der Waals surface area contributed by atoms with Crippen LogP contribution in [-0.4, -0.2) is 37.4 Å². The Hall–Kier alpha value is -2.18. The van der Waals surface area contributed by atoms with Crippen LogP contribution in [0.5, 0.6) is 0 Å². The summed E-state index contributed by atoms with van der Waals surface area (Å²) in [5.41, 5.74) is 0. The first kappa shape index (κ1) is 12.3. The van der Waals surface area contributed by atoms with Gasteiger partial charge >= 0.3 is 0 Å². The van der Waals surface area contributed by atoms with Crippen molar-refractivity contribution >= 4 is 5.91 Å². The van der Waals surface area contributed by atoms with Crippen molar-refractivity contribution in [3.05, 3.63) is 30.1 Å². The lowest BCUT2D eigenvalue weighted by atomic mass is 10.2. The van der Waals surface area contributed by atoms with Gasteiger partial charge in [-0.15, -0.1) is 5.10 Å². The van der Waals surface area contributed by atoms with Gasteiger partial charge in [-0.25, -0.2) is 4.98 Å². The summed E-state index contributed by atoms with van der Waals surface area (Å²) in [4.78, 5) is 15.8. The van der Waals surface area contributed by atoms with E-state index in [1.807, 2.05) is 26.1 Å². The normalized spacial score (nSPS) is 10.8. The van der Waals surface area contributed by atoms with E-state index >= 15 is 0 Å². The molecule has 2 rings (SSSR count). The fourth-order valence-corrected chi connectivity index (χ4v) is 1.43. The number of aromatic amines is 1. The monoisotopic (exact) mass is 248 g/mol. The van der Waals surface area contributed by atoms with Gasteiger partial charge in [0, 0.05) is 24.9 Å². The molecule has 0 saturated carbocycles. The van der Waals surface area contributed by atoms with Crippen LogP contribution in [0.1, 0.15) is 36.2 Å². The maximum Gasteiger partial charge on any atom is 0.291 e. The maximum atomic E-state index is 11.7. The zero-order chi connectivity index (χ0) is 13.0. The quantitative estimate of drug-likeness (QED) is 0.809. The van der Waals surface area contributed by atoms with Crippen LogP contribution in [0.2, 0.25) is 0 Å². The van der Waals surface area contributed by atoms with Gasteiger partial charge in [0.2, 0.25) is 5.82 Å². The summed E-state index contributed by atoms with van der Waals surface area (Å²) in [6.45, 7) is 5.09. The highest BCUT2D eigenvalue weighted by molar-refractivity contribution is 5.90. The highest BCUT2D eigenvalue weighted by Gasteiger charge is 2.13. The molecule has 18 heavy (non-hydrogen) atoms. The van der Waals surface area contributed by atoms with Crippen molar-refractivity contribution in [3.8, 4) is 0 Å². The summed E-state index contributed by atoms with van der Waals surface area (Å²) in [7, 11) is 0. The summed E-state index contributed by atoms with van der Waals surface area (Å²) >= 11 is 0. The predicted molar refractivity (Wildman–Crippen MR) is 65.0 cm³/mol. The van der Waals surface area contributed by atoms with Crippen LogP contribution < -0.4 is 5.32 Å². The van der Waals surface area contributed by atoms with E-state index in [0.29, 0.717) is 18.9 Å². The molecular formula is C11H16N6O. The van der Waals surface area contributed by atoms with Crippen LogP contribution in [-0.2, 0) is 6.54 Å². The van der Waals surface area contributed by atoms with Crippen LogP contribution >= 0.6 is 0 Å². The van der Waals surface area contributed by atoms with E-state index in [-0.39, 0.29) is 17.6 Å². The maximum absolute atomic E-state index is 11.7. The minimum atomic E-state index is -0.273. The van der Waals surface area contributed by atoms with E-state index in [1.54, 1.807) is 10.9 Å². The Morgan fingerprint density at radius 1 is 1.56 bits per heavy atom. The fourth-order valence-electron chi connectivity index (χ4n) is 1.43. The Morgan fingerprint density at radius 3 is 3.00 bits per heavy atom. The molecule has 2 heterocycles. The Labute approximate surface area is 105 Å². The molecule has 0 spiro atoms. The van der Waals surface area contributed by atoms with Crippen LogP contribution in [0.3, 0.4) is 0 Å². The van der Waals surface area contributed by atoms with Crippen molar-refractivity contribution in [1.82, 2.24) is 30.3 Å². The third-order valence-corrected chi connectivity index (χ3v) is 2.44. The number of carbonyl (C=O) groups excluding carboxylic acids is 1. The topological polar surface area (TPSA) is 88.5 Å². The summed E-state index contributed by atoms with van der Waals surface area (Å²) in [5, 5.41) is 13.4. The molecule has 0 bridgehead atoms. The van der Waals surface area contributed by atoms with Crippen molar-refractivity contribution in [2.45, 2.75) is 26.3 Å². The van der Waals surface area contributed by atoms with Gasteiger partial charge in [0.1, 0.15) is 5.82 Å². The Kier molecular flexibility index (Phi) is 3.71. The van der Waals surface area contributed by atoms with Gasteiger partial charge in [-0.2, -0.15) is 5.10 Å². The first-order chi connectivity index (χ1) is 8.66. The molecule has 0 unspecified atom stereocenters. The minimum absolute atomic E-state index is 0.180. The molecule has 0 fully saturated rings. The van der Waals surface area contributed by atoms with Crippen LogP contribution in [0.4, 0.5) is 0 Å². The van der Waals surface area contributed by atoms with Gasteiger partial charge in [0.25, 0.3) is 5.91 Å². The molecule has 0 aromatic carbocycles. The summed E-state index contributed by atoms with van der Waals surface area (Å²) < 4.78 is 1.75. The van der Waals surface area contributed by atoms with Crippen molar-refractivity contribution in [1.29, 1.82) is 0 Å². The van der Waals surface area contributed by atoms with Crippen LogP contribution in [0.15, 0.2) is 18.5 Å². The molecule has 7 heteroatoms. The number of nitrogens with one attached hydrogen (secondary N) is 2. The molecule has 0 saturated heterocycles. The van der Waals surface area contributed by atoms with Crippen LogP contribution in [0, 0.1) is 0 Å². The van der Waals surface area contributed by atoms with Gasteiger partial charge in [-0.05, 0) is 6.07 Å². The number of hydrogen-bond acceptors (Lipinski definition) is 4. The summed E-state index contributed by atoms with van der Waals surface area (Å²) in [6.07, 6.45) is 3.54. The number of carbonyl (C=O) groups is 1. The number of amides is 1. The number of aromatic nitrogens is 5. The fraction of sp³-hybridized carbons (Fsp3) is 0.455. The lowest BCUT2D eigenvalue weighted by molar-refractivity contribution is 0.0942. The molecule has 2 N–H and O–H groups in total. The van der Waals surface area contributed by atoms with Gasteiger partial charge < -0.3 is 5.32 Å². The van der Waals surface area contributed by atoms with E-state index < -0.39 is 0 Å². The van der Waals surface area contributed by atoms with E-state index in [4.69, 9.17) is 0 Å². The van der Waals surface area contributed by atoms with E-state index in [2.05, 4.69) is 25.6 Å². The first-order valence-electron chi connectivity index (χ1n) is 5.84. The third kappa shape index (κ3) is 2.93. The second-order valence-electron chi connectivity index (χ2n) is 4.22. The molecule has 0 aliphatic carbocycles. The first-order valence-corrected chi connectivity index (χ1v) is 5.84. The van der Waals surface area contributed by atoms with Gasteiger partial charge in [0.15, 0.2) is 0 Å². The molecule has 0 radical (unpaired) electrons. The molecule has 2 aromatic heterocycles. The Morgan fingerprint density at radius 2 is 2.39 bits per heavy atom. The molecule has 0 aliphatic heterocycles. The summed E-state index contributed by atoms with van der Waals surface area (Å²) in [6, 6.07) is 1.84. The highest BCUT2D eigenvalue weighted by atomic mass is 16.2. The number of H-pyrrole nitrogens is 1. The van der Waals surface area contributed by atoms with Crippen molar-refractivity contribution in [3.63, 3.8) is 0 Å². The average molecular weight is 248 g/mol. The highest BCUT2D eigenvalue weighted by Crippen LogP contribution is 2.07. The van der Waals surface area contributed by atoms with E-state index in [1.165, 1.54) is 0 Å². The minimum Gasteiger partial charge on any atom is -0.347 e. The largest absolute Gasteiger partial charge is 0.347 e. The van der Waals surface area contributed by atoms with E-state index in [0.717, 1.165) is 0 Å². The van der Waals surface area contributed by atoms with Crippen molar-refractivity contribution in [2.24, 2.45) is 0 Å². The second kappa shape index (κ2) is 5.44. The zero-order valence-electron chi connectivity index (χ0n) is 10.4. The molecule has 2 aromatic rings. The Bertz CT molecular complexity index is 501. The van der Waals surface area contributed by atoms with Gasteiger partial charge in [0.05, 0.1) is 6.54 Å². The smallest absolute Gasteiger partial charge is 0.291 e. The number of hydrogen-bond donors (Lipinski definition) is 2. The molecule has 1 amide bonds. The molecule has 0 aliphatic rings. The lowest BCUT2D eigenvalue weighted by Crippen LogP contribution is -2.28. The standard InChI is InChI=1S/C11H16N6O/c1-8(2)9-14-10(16-15-9)11(18)12-5-7-17-6-3-4-13-17/h3-4,6,8H,5,7H2,1-2H3,(H,12,18)(H,14,15,16). The van der Waals surface area contributed by atoms with Crippen LogP contribution in [0.25, 0.3) is 0 Å². The molecule has 96 valence electrons. The zero-order valence-corrected chi connectivity index (χ0v) is 10.4. The number of rotatable bonds is 5. The van der Waals surface area contributed by atoms with Gasteiger partial charge in [-0.1, -0.05) is 13.8 Å². The SMILES string of the molecule is CC(C)c1nc(C(=O)NCCn2cccn2)n[nH]1. The second-order valence-corrected chi connectivity index (χ2v) is 4.22. The number of nitrogens with zero attached hydrogens (tertiary/aromatic N) is 4. The molecule has 7 nitrogen and oxygen atoms in total. The Balaban J connectivity index is 1.83. The van der Waals surface area contributed by atoms with E-state index in [9.17, 15) is 4.79 Å². The van der Waals surface area contributed by atoms with Gasteiger partial charge in [-0.3, -0.25) is 14.6 Å². The van der Waals surface area contributed by atoms with Crippen molar-refractivity contribution < 1.29 is 4.79 Å². The predicted octanol–water partition coefficient (Wildman–Crippen LogP) is 0.555. The average Bonchev–Trinajstić information content (AvgIpc) is 2.99. The lowest BCUT2D eigenvalue weighted by Gasteiger charge is -2.02.